The lowest BCUT2D eigenvalue weighted by Crippen LogP contribution is -2.35. The van der Waals surface area contributed by atoms with Gasteiger partial charge in [0.2, 0.25) is 0 Å². The Labute approximate surface area is 205 Å². The molecule has 1 heterocycles. The van der Waals surface area contributed by atoms with Gasteiger partial charge in [-0.05, 0) is 70.3 Å². The molecule has 1 aromatic rings. The molecule has 0 radical (unpaired) electrons. The van der Waals surface area contributed by atoms with Crippen LogP contribution in [-0.4, -0.2) is 29.1 Å². The predicted molar refractivity (Wildman–Crippen MR) is 130 cm³/mol. The Bertz CT molecular complexity index is 1050. The molecule has 2 fully saturated rings. The van der Waals surface area contributed by atoms with Crippen LogP contribution in [0.4, 0.5) is 5.69 Å². The molecule has 0 spiro atoms. The maximum Gasteiger partial charge on any atom is 0.337 e. The first kappa shape index (κ1) is 24.9. The second-order valence-corrected chi connectivity index (χ2v) is 9.71. The van der Waals surface area contributed by atoms with Crippen LogP contribution in [0.25, 0.3) is 0 Å². The molecule has 188 valence electrons. The normalized spacial score (nSPS) is 21.3. The molecule has 0 aromatic heterocycles. The van der Waals surface area contributed by atoms with Gasteiger partial charge in [0, 0.05) is 23.5 Å². The van der Waals surface area contributed by atoms with Crippen molar-refractivity contribution in [1.82, 2.24) is 5.32 Å². The summed E-state index contributed by atoms with van der Waals surface area (Å²) in [6.07, 6.45) is 8.41. The van der Waals surface area contributed by atoms with Crippen LogP contribution in [-0.2, 0) is 19.1 Å². The van der Waals surface area contributed by atoms with Crippen LogP contribution in [0.1, 0.15) is 89.5 Å². The predicted octanol–water partition coefficient (Wildman–Crippen LogP) is 5.58. The van der Waals surface area contributed by atoms with E-state index < -0.39 is 22.8 Å². The van der Waals surface area contributed by atoms with E-state index in [1.54, 1.807) is 19.1 Å². The summed E-state index contributed by atoms with van der Waals surface area (Å²) in [5, 5.41) is 14.8. The molecule has 8 nitrogen and oxygen atoms in total. The fraction of sp³-hybridized carbons (Fsp3) is 0.556. The van der Waals surface area contributed by atoms with E-state index >= 15 is 0 Å². The number of allylic oxidation sites excluding steroid dienone is 2. The fourth-order valence-corrected chi connectivity index (χ4v) is 5.45. The second kappa shape index (κ2) is 11.1. The first-order valence-corrected chi connectivity index (χ1v) is 12.8. The zero-order valence-electron chi connectivity index (χ0n) is 20.5. The van der Waals surface area contributed by atoms with E-state index in [1.807, 2.05) is 6.92 Å². The zero-order chi connectivity index (χ0) is 24.9. The Balaban J connectivity index is 1.79. The zero-order valence-corrected chi connectivity index (χ0v) is 20.5. The van der Waals surface area contributed by atoms with E-state index in [9.17, 15) is 19.7 Å². The van der Waals surface area contributed by atoms with Gasteiger partial charge in [0.25, 0.3) is 5.69 Å². The van der Waals surface area contributed by atoms with Gasteiger partial charge in [0.15, 0.2) is 0 Å². The molecule has 1 aromatic carbocycles. The van der Waals surface area contributed by atoms with Gasteiger partial charge in [-0.3, -0.25) is 10.1 Å². The summed E-state index contributed by atoms with van der Waals surface area (Å²) < 4.78 is 11.8. The minimum atomic E-state index is -0.805. The molecular formula is C27H34N2O6. The third kappa shape index (κ3) is 5.57. The van der Waals surface area contributed by atoms with Gasteiger partial charge >= 0.3 is 11.9 Å². The monoisotopic (exact) mass is 482 g/mol. The van der Waals surface area contributed by atoms with Crippen LogP contribution >= 0.6 is 0 Å². The van der Waals surface area contributed by atoms with Crippen LogP contribution in [0.2, 0.25) is 0 Å². The summed E-state index contributed by atoms with van der Waals surface area (Å²) >= 11 is 0. The number of rotatable bonds is 8. The van der Waals surface area contributed by atoms with Gasteiger partial charge in [-0.25, -0.2) is 9.59 Å². The Kier molecular flexibility index (Phi) is 7.88. The maximum absolute atomic E-state index is 13.6. The topological polar surface area (TPSA) is 108 Å². The minimum Gasteiger partial charge on any atom is -0.459 e. The number of ether oxygens (including phenoxy) is 2. The average molecular weight is 483 g/mol. The molecule has 3 aliphatic rings. The number of nitro benzene ring substituents is 1. The Morgan fingerprint density at radius 3 is 2.11 bits per heavy atom. The van der Waals surface area contributed by atoms with Crippen LogP contribution in [0.3, 0.4) is 0 Å². The quantitative estimate of drug-likeness (QED) is 0.293. The lowest BCUT2D eigenvalue weighted by Gasteiger charge is -2.32. The molecular weight excluding hydrogens is 448 g/mol. The van der Waals surface area contributed by atoms with Crippen molar-refractivity contribution >= 4 is 17.6 Å². The summed E-state index contributed by atoms with van der Waals surface area (Å²) in [5.74, 6) is -1.76. The number of dihydropyridines is 1. The molecule has 0 saturated heterocycles. The summed E-state index contributed by atoms with van der Waals surface area (Å²) in [6, 6.07) is 6.17. The molecule has 1 N–H and O–H groups in total. The molecule has 35 heavy (non-hydrogen) atoms. The lowest BCUT2D eigenvalue weighted by molar-refractivity contribution is -0.384. The van der Waals surface area contributed by atoms with Gasteiger partial charge in [0.1, 0.15) is 12.2 Å². The molecule has 2 saturated carbocycles. The maximum atomic E-state index is 13.6. The highest BCUT2D eigenvalue weighted by atomic mass is 16.6. The van der Waals surface area contributed by atoms with Crippen molar-refractivity contribution < 1.29 is 24.0 Å². The Morgan fingerprint density at radius 2 is 1.57 bits per heavy atom. The molecule has 8 heteroatoms. The van der Waals surface area contributed by atoms with E-state index in [1.165, 1.54) is 12.1 Å². The number of esters is 2. The lowest BCUT2D eigenvalue weighted by atomic mass is 9.79. The molecule has 0 amide bonds. The van der Waals surface area contributed by atoms with Gasteiger partial charge < -0.3 is 14.8 Å². The number of hydrogen-bond donors (Lipinski definition) is 1. The third-order valence-corrected chi connectivity index (χ3v) is 7.15. The summed E-state index contributed by atoms with van der Waals surface area (Å²) in [5.41, 5.74) is 2.37. The van der Waals surface area contributed by atoms with Crippen molar-refractivity contribution in [2.45, 2.75) is 96.2 Å². The van der Waals surface area contributed by atoms with Crippen molar-refractivity contribution in [3.63, 3.8) is 0 Å². The Morgan fingerprint density at radius 1 is 1.00 bits per heavy atom. The fourth-order valence-electron chi connectivity index (χ4n) is 5.45. The summed E-state index contributed by atoms with van der Waals surface area (Å²) in [4.78, 5) is 38.2. The molecule has 1 unspecified atom stereocenters. The number of non-ortho nitro benzene ring substituents is 1. The van der Waals surface area contributed by atoms with E-state index in [-0.39, 0.29) is 17.9 Å². The standard InChI is InChI=1S/C27H34N2O6/c1-3-9-22-25(27(31)35-21-14-6-7-15-21)24(18-10-8-11-19(16-18)29(32)33)23(17(2)28-22)26(30)34-20-12-4-5-13-20/h8,10-11,16,20-21,24,28H,3-7,9,12-15H2,1-2H3. The van der Waals surface area contributed by atoms with Crippen molar-refractivity contribution in [2.75, 3.05) is 0 Å². The molecule has 0 bridgehead atoms. The van der Waals surface area contributed by atoms with Crippen LogP contribution < -0.4 is 5.32 Å². The number of nitrogens with zero attached hydrogens (tertiary/aromatic N) is 1. The largest absolute Gasteiger partial charge is 0.459 e. The number of nitro groups is 1. The van der Waals surface area contributed by atoms with Gasteiger partial charge in [0.05, 0.1) is 22.0 Å². The molecule has 2 aliphatic carbocycles. The number of nitrogens with one attached hydrogen (secondary N) is 1. The smallest absolute Gasteiger partial charge is 0.337 e. The third-order valence-electron chi connectivity index (χ3n) is 7.15. The van der Waals surface area contributed by atoms with Crippen molar-refractivity contribution in [3.05, 3.63) is 62.5 Å². The number of benzene rings is 1. The van der Waals surface area contributed by atoms with Crippen molar-refractivity contribution in [2.24, 2.45) is 0 Å². The van der Waals surface area contributed by atoms with Gasteiger partial charge in [-0.2, -0.15) is 0 Å². The van der Waals surface area contributed by atoms with Crippen LogP contribution in [0, 0.1) is 10.1 Å². The molecule has 1 aliphatic heterocycles. The Hall–Kier alpha value is -3.16. The summed E-state index contributed by atoms with van der Waals surface area (Å²) in [7, 11) is 0. The SMILES string of the molecule is CCCC1=C(C(=O)OC2CCCC2)C(c2cccc([N+](=O)[O-])c2)C(C(=O)OC2CCCC2)=C(C)N1. The number of carbonyl (C=O) groups is 2. The van der Waals surface area contributed by atoms with E-state index in [0.29, 0.717) is 34.5 Å². The van der Waals surface area contributed by atoms with E-state index in [0.717, 1.165) is 57.8 Å². The number of carbonyl (C=O) groups excluding carboxylic acids is 2. The first-order valence-electron chi connectivity index (χ1n) is 12.8. The highest BCUT2D eigenvalue weighted by Crippen LogP contribution is 2.42. The first-order chi connectivity index (χ1) is 16.9. The van der Waals surface area contributed by atoms with Crippen LogP contribution in [0.15, 0.2) is 46.8 Å². The second-order valence-electron chi connectivity index (χ2n) is 9.71. The van der Waals surface area contributed by atoms with Crippen molar-refractivity contribution in [1.29, 1.82) is 0 Å². The van der Waals surface area contributed by atoms with Crippen molar-refractivity contribution in [3.8, 4) is 0 Å². The summed E-state index contributed by atoms with van der Waals surface area (Å²) in [6.45, 7) is 3.81. The van der Waals surface area contributed by atoms with E-state index in [2.05, 4.69) is 5.32 Å². The van der Waals surface area contributed by atoms with Gasteiger partial charge in [-0.15, -0.1) is 0 Å². The highest BCUT2D eigenvalue weighted by Gasteiger charge is 2.40. The number of hydrogen-bond acceptors (Lipinski definition) is 7. The highest BCUT2D eigenvalue weighted by molar-refractivity contribution is 6.00. The van der Waals surface area contributed by atoms with Crippen LogP contribution in [0.5, 0.6) is 0 Å². The van der Waals surface area contributed by atoms with E-state index in [4.69, 9.17) is 9.47 Å². The van der Waals surface area contributed by atoms with Gasteiger partial charge in [-0.1, -0.05) is 25.5 Å². The molecule has 4 rings (SSSR count). The minimum absolute atomic E-state index is 0.0947. The molecule has 1 atom stereocenters. The average Bonchev–Trinajstić information content (AvgIpc) is 3.53.